The van der Waals surface area contributed by atoms with E-state index in [0.717, 1.165) is 28.3 Å². The molecule has 2 heterocycles. The number of pyridine rings is 1. The molecule has 0 spiro atoms. The molecule has 114 valence electrons. The van der Waals surface area contributed by atoms with Crippen molar-refractivity contribution in [2.45, 2.75) is 0 Å². The molecule has 22 heavy (non-hydrogen) atoms. The van der Waals surface area contributed by atoms with Crippen molar-refractivity contribution in [2.24, 2.45) is 0 Å². The van der Waals surface area contributed by atoms with Crippen molar-refractivity contribution in [3.63, 3.8) is 0 Å². The Morgan fingerprint density at radius 1 is 1.27 bits per heavy atom. The topological polar surface area (TPSA) is 29.8 Å². The molecule has 0 unspecified atom stereocenters. The molecule has 3 rings (SSSR count). The zero-order valence-electron chi connectivity index (χ0n) is 12.7. The number of benzene rings is 1. The van der Waals surface area contributed by atoms with Gasteiger partial charge in [-0.15, -0.1) is 0 Å². The van der Waals surface area contributed by atoms with E-state index in [4.69, 9.17) is 4.74 Å². The number of anilines is 1. The zero-order chi connectivity index (χ0) is 15.5. The van der Waals surface area contributed by atoms with Gasteiger partial charge in [-0.05, 0) is 18.2 Å². The van der Waals surface area contributed by atoms with Crippen LogP contribution in [0.25, 0.3) is 16.9 Å². The Morgan fingerprint density at radius 3 is 2.91 bits per heavy atom. The lowest BCUT2D eigenvalue weighted by Gasteiger charge is -2.17. The molecule has 0 fully saturated rings. The van der Waals surface area contributed by atoms with Gasteiger partial charge in [-0.1, -0.05) is 12.1 Å². The fraction of sp³-hybridized carbons (Fsp3) is 0.235. The Bertz CT molecular complexity index is 784. The number of hydrogen-bond acceptors (Lipinski definition) is 3. The minimum absolute atomic E-state index is 0.370. The number of ether oxygens (including phenoxy) is 1. The largest absolute Gasteiger partial charge is 0.497 e. The number of rotatable bonds is 5. The minimum Gasteiger partial charge on any atom is -0.497 e. The van der Waals surface area contributed by atoms with Crippen LogP contribution in [0.15, 0.2) is 48.8 Å². The third-order valence-corrected chi connectivity index (χ3v) is 3.67. The van der Waals surface area contributed by atoms with Gasteiger partial charge in [0.05, 0.1) is 12.8 Å². The molecule has 0 radical (unpaired) electrons. The highest BCUT2D eigenvalue weighted by Crippen LogP contribution is 2.24. The fourth-order valence-electron chi connectivity index (χ4n) is 2.39. The van der Waals surface area contributed by atoms with Crippen LogP contribution in [-0.4, -0.2) is 36.8 Å². The molecule has 3 aromatic rings. The van der Waals surface area contributed by atoms with Crippen molar-refractivity contribution < 1.29 is 9.13 Å². The first-order valence-corrected chi connectivity index (χ1v) is 7.11. The van der Waals surface area contributed by atoms with Crippen molar-refractivity contribution in [2.75, 3.05) is 32.3 Å². The molecule has 0 saturated carbocycles. The quantitative estimate of drug-likeness (QED) is 0.723. The number of imidazole rings is 1. The highest BCUT2D eigenvalue weighted by Gasteiger charge is 2.07. The average molecular weight is 299 g/mol. The van der Waals surface area contributed by atoms with Crippen LogP contribution < -0.4 is 9.64 Å². The molecular formula is C17H18FN3O. The molecule has 0 bridgehead atoms. The summed E-state index contributed by atoms with van der Waals surface area (Å²) in [5.74, 6) is 0.804. The molecule has 5 heteroatoms. The third-order valence-electron chi connectivity index (χ3n) is 3.67. The fourth-order valence-corrected chi connectivity index (χ4v) is 2.39. The molecule has 2 aromatic heterocycles. The molecule has 0 aliphatic rings. The number of halogens is 1. The van der Waals surface area contributed by atoms with E-state index >= 15 is 0 Å². The molecule has 0 saturated heterocycles. The van der Waals surface area contributed by atoms with E-state index in [1.54, 1.807) is 7.11 Å². The van der Waals surface area contributed by atoms with Crippen LogP contribution >= 0.6 is 0 Å². The second-order valence-electron chi connectivity index (χ2n) is 5.12. The van der Waals surface area contributed by atoms with E-state index in [0.29, 0.717) is 6.54 Å². The van der Waals surface area contributed by atoms with Crippen molar-refractivity contribution in [3.05, 3.63) is 48.8 Å². The first-order chi connectivity index (χ1) is 10.7. The SMILES string of the molecule is COc1cccc(-c2cn3ccc(N(C)CCF)cc3n2)c1. The lowest BCUT2D eigenvalue weighted by atomic mass is 10.1. The molecule has 1 aromatic carbocycles. The highest BCUT2D eigenvalue weighted by molar-refractivity contribution is 5.66. The lowest BCUT2D eigenvalue weighted by molar-refractivity contribution is 0.415. The summed E-state index contributed by atoms with van der Waals surface area (Å²) in [5.41, 5.74) is 3.67. The predicted octanol–water partition coefficient (Wildman–Crippen LogP) is 3.42. The van der Waals surface area contributed by atoms with Gasteiger partial charge in [0.2, 0.25) is 0 Å². The monoisotopic (exact) mass is 299 g/mol. The van der Waals surface area contributed by atoms with Gasteiger partial charge in [-0.3, -0.25) is 0 Å². The molecule has 4 nitrogen and oxygen atoms in total. The van der Waals surface area contributed by atoms with E-state index < -0.39 is 0 Å². The Hall–Kier alpha value is -2.56. The van der Waals surface area contributed by atoms with Crippen molar-refractivity contribution in [1.82, 2.24) is 9.38 Å². The number of hydrogen-bond donors (Lipinski definition) is 0. The van der Waals surface area contributed by atoms with Gasteiger partial charge in [0.1, 0.15) is 18.1 Å². The lowest BCUT2D eigenvalue weighted by Crippen LogP contribution is -2.19. The first-order valence-electron chi connectivity index (χ1n) is 7.11. The molecular weight excluding hydrogens is 281 g/mol. The summed E-state index contributed by atoms with van der Waals surface area (Å²) >= 11 is 0. The number of fused-ring (bicyclic) bond motifs is 1. The van der Waals surface area contributed by atoms with Crippen LogP contribution in [0, 0.1) is 0 Å². The maximum absolute atomic E-state index is 12.5. The third kappa shape index (κ3) is 2.74. The smallest absolute Gasteiger partial charge is 0.139 e. The first kappa shape index (κ1) is 14.4. The second kappa shape index (κ2) is 6.05. The highest BCUT2D eigenvalue weighted by atomic mass is 19.1. The van der Waals surface area contributed by atoms with Gasteiger partial charge >= 0.3 is 0 Å². The van der Waals surface area contributed by atoms with Crippen LogP contribution in [0.5, 0.6) is 5.75 Å². The molecule has 0 aliphatic heterocycles. The maximum atomic E-state index is 12.5. The van der Waals surface area contributed by atoms with Crippen LogP contribution in [-0.2, 0) is 0 Å². The standard InChI is InChI=1S/C17H18FN3O/c1-20(9-7-18)14-6-8-21-12-16(19-17(21)11-14)13-4-3-5-15(10-13)22-2/h3-6,8,10-12H,7,9H2,1-2H3. The summed E-state index contributed by atoms with van der Waals surface area (Å²) in [6.45, 7) is 0.00477. The van der Waals surface area contributed by atoms with E-state index in [9.17, 15) is 4.39 Å². The molecule has 0 aliphatic carbocycles. The summed E-state index contributed by atoms with van der Waals surface area (Å²) in [5, 5.41) is 0. The predicted molar refractivity (Wildman–Crippen MR) is 86.4 cm³/mol. The Morgan fingerprint density at radius 2 is 2.14 bits per heavy atom. The van der Waals surface area contributed by atoms with Gasteiger partial charge in [0, 0.05) is 43.3 Å². The van der Waals surface area contributed by atoms with E-state index in [1.165, 1.54) is 0 Å². The van der Waals surface area contributed by atoms with Crippen LogP contribution in [0.3, 0.4) is 0 Å². The average Bonchev–Trinajstić information content (AvgIpc) is 2.98. The van der Waals surface area contributed by atoms with Crippen LogP contribution in [0.4, 0.5) is 10.1 Å². The Balaban J connectivity index is 1.98. The Labute approximate surface area is 128 Å². The summed E-state index contributed by atoms with van der Waals surface area (Å²) in [4.78, 5) is 6.52. The number of methoxy groups -OCH3 is 1. The van der Waals surface area contributed by atoms with Gasteiger partial charge in [0.15, 0.2) is 0 Å². The number of alkyl halides is 1. The summed E-state index contributed by atoms with van der Waals surface area (Å²) < 4.78 is 19.7. The van der Waals surface area contributed by atoms with Gasteiger partial charge in [-0.2, -0.15) is 0 Å². The minimum atomic E-state index is -0.370. The number of aromatic nitrogens is 2. The molecule has 0 atom stereocenters. The molecule has 0 amide bonds. The zero-order valence-corrected chi connectivity index (χ0v) is 12.7. The second-order valence-corrected chi connectivity index (χ2v) is 5.12. The van der Waals surface area contributed by atoms with Gasteiger partial charge in [0.25, 0.3) is 0 Å². The van der Waals surface area contributed by atoms with Crippen molar-refractivity contribution in [1.29, 1.82) is 0 Å². The normalized spacial score (nSPS) is 10.9. The summed E-state index contributed by atoms with van der Waals surface area (Å²) in [6, 6.07) is 11.7. The maximum Gasteiger partial charge on any atom is 0.139 e. The van der Waals surface area contributed by atoms with E-state index in [1.807, 2.05) is 65.1 Å². The van der Waals surface area contributed by atoms with Crippen LogP contribution in [0.2, 0.25) is 0 Å². The van der Waals surface area contributed by atoms with Gasteiger partial charge in [-0.25, -0.2) is 9.37 Å². The van der Waals surface area contributed by atoms with Gasteiger partial charge < -0.3 is 14.0 Å². The van der Waals surface area contributed by atoms with Crippen molar-refractivity contribution >= 4 is 11.3 Å². The Kier molecular flexibility index (Phi) is 3.96. The van der Waals surface area contributed by atoms with E-state index in [2.05, 4.69) is 4.98 Å². The molecule has 0 N–H and O–H groups in total. The summed E-state index contributed by atoms with van der Waals surface area (Å²) in [6.07, 6.45) is 3.92. The van der Waals surface area contributed by atoms with E-state index in [-0.39, 0.29) is 6.67 Å². The summed E-state index contributed by atoms with van der Waals surface area (Å²) in [7, 11) is 3.52. The number of nitrogens with zero attached hydrogens (tertiary/aromatic N) is 3. The van der Waals surface area contributed by atoms with Crippen LogP contribution in [0.1, 0.15) is 0 Å². The van der Waals surface area contributed by atoms with Crippen molar-refractivity contribution in [3.8, 4) is 17.0 Å².